The zero-order chi connectivity index (χ0) is 22.2. The molecular formula is C25H22N2O5. The third kappa shape index (κ3) is 3.27. The third-order valence-electron chi connectivity index (χ3n) is 5.95. The number of amides is 2. The number of phenolic OH excluding ortho intramolecular Hbond substituents is 1. The van der Waals surface area contributed by atoms with Gasteiger partial charge in [0.05, 0.1) is 25.4 Å². The molecule has 0 unspecified atom stereocenters. The van der Waals surface area contributed by atoms with Crippen LogP contribution in [0.1, 0.15) is 17.2 Å². The first-order valence-corrected chi connectivity index (χ1v) is 10.4. The van der Waals surface area contributed by atoms with E-state index in [0.29, 0.717) is 11.3 Å². The number of fused-ring (bicyclic) bond motifs is 1. The molecule has 3 aromatic carbocycles. The number of aromatic hydroxyl groups is 1. The molecule has 2 aliphatic rings. The van der Waals surface area contributed by atoms with Crippen LogP contribution in [0, 0.1) is 5.92 Å². The summed E-state index contributed by atoms with van der Waals surface area (Å²) < 4.78 is 5.16. The van der Waals surface area contributed by atoms with E-state index in [0.717, 1.165) is 11.3 Å². The third-order valence-corrected chi connectivity index (χ3v) is 5.95. The molecule has 2 fully saturated rings. The molecule has 0 bridgehead atoms. The van der Waals surface area contributed by atoms with E-state index in [4.69, 9.17) is 9.57 Å². The number of hydrogen-bond donors (Lipinski definition) is 1. The molecule has 2 amide bonds. The second-order valence-corrected chi connectivity index (χ2v) is 7.84. The van der Waals surface area contributed by atoms with Gasteiger partial charge in [-0.05, 0) is 35.4 Å². The standard InChI is InChI=1S/C25H22N2O5/c1-31-20-13-12-17(14-19(20)28)22-21-23(32-27(22)18-10-6-3-7-11-18)25(30)26(24(21)29)15-16-8-4-2-5-9-16/h2-14,21-23,28H,15H2,1H3/t21-,22+,23+/m1/s1. The van der Waals surface area contributed by atoms with E-state index in [9.17, 15) is 14.7 Å². The zero-order valence-corrected chi connectivity index (χ0v) is 17.4. The topological polar surface area (TPSA) is 79.3 Å². The zero-order valence-electron chi connectivity index (χ0n) is 17.4. The van der Waals surface area contributed by atoms with Crippen molar-refractivity contribution < 1.29 is 24.3 Å². The number of para-hydroxylation sites is 1. The molecule has 0 aliphatic carbocycles. The smallest absolute Gasteiger partial charge is 0.262 e. The summed E-state index contributed by atoms with van der Waals surface area (Å²) in [5.41, 5.74) is 2.24. The first-order valence-electron chi connectivity index (χ1n) is 10.4. The van der Waals surface area contributed by atoms with Crippen LogP contribution in [0.5, 0.6) is 11.5 Å². The number of methoxy groups -OCH3 is 1. The van der Waals surface area contributed by atoms with Gasteiger partial charge in [0.1, 0.15) is 5.92 Å². The number of benzene rings is 3. The van der Waals surface area contributed by atoms with E-state index in [1.54, 1.807) is 23.3 Å². The van der Waals surface area contributed by atoms with Crippen molar-refractivity contribution in [3.63, 3.8) is 0 Å². The van der Waals surface area contributed by atoms with Gasteiger partial charge in [-0.3, -0.25) is 19.3 Å². The van der Waals surface area contributed by atoms with Gasteiger partial charge in [-0.1, -0.05) is 54.6 Å². The Balaban J connectivity index is 1.54. The summed E-state index contributed by atoms with van der Waals surface area (Å²) in [5.74, 6) is -1.10. The Morgan fingerprint density at radius 1 is 0.938 bits per heavy atom. The van der Waals surface area contributed by atoms with E-state index >= 15 is 0 Å². The van der Waals surface area contributed by atoms with Crippen molar-refractivity contribution in [3.05, 3.63) is 90.0 Å². The Morgan fingerprint density at radius 2 is 1.62 bits per heavy atom. The second kappa shape index (κ2) is 8.01. The van der Waals surface area contributed by atoms with Crippen molar-refractivity contribution in [2.45, 2.75) is 18.7 Å². The summed E-state index contributed by atoms with van der Waals surface area (Å²) in [4.78, 5) is 34.0. The summed E-state index contributed by atoms with van der Waals surface area (Å²) in [6, 6.07) is 23.1. The predicted octanol–water partition coefficient (Wildman–Crippen LogP) is 3.45. The first kappa shape index (κ1) is 20.1. The van der Waals surface area contributed by atoms with Crippen LogP contribution in [0.25, 0.3) is 0 Å². The van der Waals surface area contributed by atoms with E-state index in [1.807, 2.05) is 60.7 Å². The summed E-state index contributed by atoms with van der Waals surface area (Å²) in [7, 11) is 1.47. The maximum atomic E-state index is 13.5. The monoisotopic (exact) mass is 430 g/mol. The van der Waals surface area contributed by atoms with E-state index < -0.39 is 18.1 Å². The SMILES string of the molecule is COc1ccc([C@H]2[C@H]3C(=O)N(Cc4ccccc4)C(=O)[C@H]3ON2c2ccccc2)cc1O. The number of carbonyl (C=O) groups is 2. The minimum absolute atomic E-state index is 0.0422. The van der Waals surface area contributed by atoms with Crippen molar-refractivity contribution in [1.29, 1.82) is 0 Å². The second-order valence-electron chi connectivity index (χ2n) is 7.84. The molecule has 3 atom stereocenters. The highest BCUT2D eigenvalue weighted by Crippen LogP contribution is 2.48. The Hall–Kier alpha value is -3.84. The molecule has 7 heteroatoms. The molecule has 32 heavy (non-hydrogen) atoms. The maximum absolute atomic E-state index is 13.5. The van der Waals surface area contributed by atoms with Gasteiger partial charge in [-0.2, -0.15) is 0 Å². The Morgan fingerprint density at radius 3 is 2.28 bits per heavy atom. The fraction of sp³-hybridized carbons (Fsp3) is 0.200. The molecular weight excluding hydrogens is 408 g/mol. The van der Waals surface area contributed by atoms with Crippen molar-refractivity contribution in [2.24, 2.45) is 5.92 Å². The lowest BCUT2D eigenvalue weighted by Crippen LogP contribution is -2.36. The van der Waals surface area contributed by atoms with Crippen molar-refractivity contribution >= 4 is 17.5 Å². The Labute approximate surface area is 185 Å². The lowest BCUT2D eigenvalue weighted by atomic mass is 9.90. The van der Waals surface area contributed by atoms with Crippen molar-refractivity contribution in [1.82, 2.24) is 4.90 Å². The lowest BCUT2D eigenvalue weighted by Gasteiger charge is -2.29. The van der Waals surface area contributed by atoms with Crippen LogP contribution in [0.2, 0.25) is 0 Å². The van der Waals surface area contributed by atoms with Gasteiger partial charge < -0.3 is 9.84 Å². The predicted molar refractivity (Wildman–Crippen MR) is 117 cm³/mol. The number of ether oxygens (including phenoxy) is 1. The van der Waals surface area contributed by atoms with Crippen molar-refractivity contribution in [3.8, 4) is 11.5 Å². The van der Waals surface area contributed by atoms with Gasteiger partial charge in [0.15, 0.2) is 17.6 Å². The Kier molecular flexibility index (Phi) is 5.03. The number of phenols is 1. The summed E-state index contributed by atoms with van der Waals surface area (Å²) in [6.07, 6.45) is -0.930. The van der Waals surface area contributed by atoms with Gasteiger partial charge in [-0.15, -0.1) is 0 Å². The summed E-state index contributed by atoms with van der Waals surface area (Å²) in [5, 5.41) is 12.0. The van der Waals surface area contributed by atoms with Gasteiger partial charge in [0.2, 0.25) is 5.91 Å². The molecule has 0 aromatic heterocycles. The molecule has 7 nitrogen and oxygen atoms in total. The van der Waals surface area contributed by atoms with Crippen LogP contribution in [-0.2, 0) is 21.0 Å². The quantitative estimate of drug-likeness (QED) is 0.625. The number of nitrogens with zero attached hydrogens (tertiary/aromatic N) is 2. The average molecular weight is 430 g/mol. The van der Waals surface area contributed by atoms with Gasteiger partial charge in [0.25, 0.3) is 5.91 Å². The van der Waals surface area contributed by atoms with Crippen LogP contribution < -0.4 is 9.80 Å². The van der Waals surface area contributed by atoms with Crippen molar-refractivity contribution in [2.75, 3.05) is 12.2 Å². The van der Waals surface area contributed by atoms with Crippen LogP contribution in [0.3, 0.4) is 0 Å². The minimum Gasteiger partial charge on any atom is -0.504 e. The molecule has 2 aliphatic heterocycles. The van der Waals surface area contributed by atoms with E-state index in [1.165, 1.54) is 12.0 Å². The number of likely N-dealkylation sites (tertiary alicyclic amines) is 1. The molecule has 5 rings (SSSR count). The molecule has 2 heterocycles. The fourth-order valence-corrected chi connectivity index (χ4v) is 4.42. The van der Waals surface area contributed by atoms with Crippen LogP contribution >= 0.6 is 0 Å². The highest BCUT2D eigenvalue weighted by atomic mass is 16.7. The van der Waals surface area contributed by atoms with E-state index in [-0.39, 0.29) is 24.1 Å². The summed E-state index contributed by atoms with van der Waals surface area (Å²) >= 11 is 0. The molecule has 2 saturated heterocycles. The van der Waals surface area contributed by atoms with Crippen LogP contribution in [-0.4, -0.2) is 35.0 Å². The molecule has 0 saturated carbocycles. The minimum atomic E-state index is -0.930. The van der Waals surface area contributed by atoms with Gasteiger partial charge in [-0.25, -0.2) is 5.06 Å². The fourth-order valence-electron chi connectivity index (χ4n) is 4.42. The highest BCUT2D eigenvalue weighted by molar-refractivity contribution is 6.07. The average Bonchev–Trinajstić information content (AvgIpc) is 3.32. The molecule has 162 valence electrons. The molecule has 1 N–H and O–H groups in total. The number of anilines is 1. The number of hydrogen-bond acceptors (Lipinski definition) is 6. The van der Waals surface area contributed by atoms with Crippen LogP contribution in [0.15, 0.2) is 78.9 Å². The summed E-state index contributed by atoms with van der Waals surface area (Å²) in [6.45, 7) is 0.195. The van der Waals surface area contributed by atoms with Gasteiger partial charge in [0, 0.05) is 0 Å². The molecule has 0 spiro atoms. The normalized spacial score (nSPS) is 22.3. The lowest BCUT2D eigenvalue weighted by molar-refractivity contribution is -0.143. The number of hydroxylamine groups is 1. The molecule has 3 aromatic rings. The van der Waals surface area contributed by atoms with Crippen LogP contribution in [0.4, 0.5) is 5.69 Å². The number of rotatable bonds is 5. The molecule has 0 radical (unpaired) electrons. The first-order chi connectivity index (χ1) is 15.6. The Bertz CT molecular complexity index is 1150. The number of carbonyl (C=O) groups excluding carboxylic acids is 2. The largest absolute Gasteiger partial charge is 0.504 e. The number of imide groups is 1. The maximum Gasteiger partial charge on any atom is 0.262 e. The van der Waals surface area contributed by atoms with Gasteiger partial charge >= 0.3 is 0 Å². The van der Waals surface area contributed by atoms with E-state index in [2.05, 4.69) is 0 Å². The highest BCUT2D eigenvalue weighted by Gasteiger charge is 2.59.